The Morgan fingerprint density at radius 2 is 1.86 bits per heavy atom. The van der Waals surface area contributed by atoms with E-state index in [1.54, 1.807) is 24.3 Å². The molecule has 0 aliphatic carbocycles. The van der Waals surface area contributed by atoms with Crippen LogP contribution in [0.15, 0.2) is 48.5 Å². The molecular formula is C21H26N2O4S. The topological polar surface area (TPSA) is 66.9 Å². The molecule has 0 bridgehead atoms. The third kappa shape index (κ3) is 3.99. The Hall–Kier alpha value is -2.54. The minimum Gasteiger partial charge on any atom is -0.481 e. The standard InChI is InChI=1S/C21H26N2O4S/c1-5-20(21(24)23-15(2)14-16-8-6-7-9-19(16)23)27-18-12-10-17(11-13-18)22(3)28(4,25)26/h6-13,15,20H,5,14H2,1-4H3/t15-,20-/m1/s1. The number of benzene rings is 2. The highest BCUT2D eigenvalue weighted by molar-refractivity contribution is 7.92. The molecule has 0 spiro atoms. The Labute approximate surface area is 166 Å². The lowest BCUT2D eigenvalue weighted by atomic mass is 10.1. The maximum Gasteiger partial charge on any atom is 0.268 e. The van der Waals surface area contributed by atoms with Crippen molar-refractivity contribution in [2.75, 3.05) is 22.5 Å². The van der Waals surface area contributed by atoms with Crippen LogP contribution in [0.25, 0.3) is 0 Å². The average molecular weight is 403 g/mol. The lowest BCUT2D eigenvalue weighted by molar-refractivity contribution is -0.125. The highest BCUT2D eigenvalue weighted by Crippen LogP contribution is 2.33. The maximum absolute atomic E-state index is 13.2. The quantitative estimate of drug-likeness (QED) is 0.744. The van der Waals surface area contributed by atoms with Gasteiger partial charge in [0.15, 0.2) is 6.10 Å². The molecule has 2 aromatic carbocycles. The van der Waals surface area contributed by atoms with Crippen LogP contribution < -0.4 is 13.9 Å². The molecule has 1 amide bonds. The summed E-state index contributed by atoms with van der Waals surface area (Å²) in [7, 11) is -1.83. The van der Waals surface area contributed by atoms with E-state index in [1.165, 1.54) is 16.9 Å². The van der Waals surface area contributed by atoms with E-state index in [4.69, 9.17) is 4.74 Å². The summed E-state index contributed by atoms with van der Waals surface area (Å²) in [6.45, 7) is 3.96. The number of hydrogen-bond donors (Lipinski definition) is 0. The van der Waals surface area contributed by atoms with Crippen LogP contribution >= 0.6 is 0 Å². The molecule has 7 heteroatoms. The van der Waals surface area contributed by atoms with Gasteiger partial charge in [-0.3, -0.25) is 9.10 Å². The fraction of sp³-hybridized carbons (Fsp3) is 0.381. The molecule has 150 valence electrons. The van der Waals surface area contributed by atoms with Gasteiger partial charge in [0, 0.05) is 18.8 Å². The van der Waals surface area contributed by atoms with E-state index in [9.17, 15) is 13.2 Å². The fourth-order valence-corrected chi connectivity index (χ4v) is 3.96. The van der Waals surface area contributed by atoms with E-state index >= 15 is 0 Å². The van der Waals surface area contributed by atoms with Crippen molar-refractivity contribution in [3.05, 3.63) is 54.1 Å². The molecule has 2 aromatic rings. The number of carbonyl (C=O) groups is 1. The molecule has 0 radical (unpaired) electrons. The SMILES string of the molecule is CC[C@@H](Oc1ccc(N(C)S(C)(=O)=O)cc1)C(=O)N1c2ccccc2C[C@H]1C. The molecule has 1 heterocycles. The minimum absolute atomic E-state index is 0.0581. The largest absolute Gasteiger partial charge is 0.481 e. The smallest absolute Gasteiger partial charge is 0.268 e. The van der Waals surface area contributed by atoms with Crippen LogP contribution in [0.4, 0.5) is 11.4 Å². The van der Waals surface area contributed by atoms with Crippen LogP contribution in [0.5, 0.6) is 5.75 Å². The van der Waals surface area contributed by atoms with Crippen LogP contribution in [0.3, 0.4) is 0 Å². The summed E-state index contributed by atoms with van der Waals surface area (Å²) in [4.78, 5) is 15.0. The monoisotopic (exact) mass is 402 g/mol. The second-order valence-electron chi connectivity index (χ2n) is 7.13. The molecule has 28 heavy (non-hydrogen) atoms. The minimum atomic E-state index is -3.32. The normalized spacial score (nSPS) is 17.1. The Balaban J connectivity index is 1.77. The summed E-state index contributed by atoms with van der Waals surface area (Å²) in [6, 6.07) is 14.8. The zero-order chi connectivity index (χ0) is 20.5. The fourth-order valence-electron chi connectivity index (χ4n) is 3.46. The Morgan fingerprint density at radius 3 is 2.46 bits per heavy atom. The van der Waals surface area contributed by atoms with Crippen LogP contribution in [-0.2, 0) is 21.2 Å². The van der Waals surface area contributed by atoms with E-state index in [0.717, 1.165) is 18.4 Å². The van der Waals surface area contributed by atoms with Crippen molar-refractivity contribution in [3.63, 3.8) is 0 Å². The number of hydrogen-bond acceptors (Lipinski definition) is 4. The highest BCUT2D eigenvalue weighted by Gasteiger charge is 2.35. The van der Waals surface area contributed by atoms with Crippen LogP contribution in [-0.4, -0.2) is 39.8 Å². The third-order valence-electron chi connectivity index (χ3n) is 5.07. The van der Waals surface area contributed by atoms with Crippen molar-refractivity contribution in [3.8, 4) is 5.75 Å². The molecule has 0 aromatic heterocycles. The van der Waals surface area contributed by atoms with Crippen LogP contribution in [0.1, 0.15) is 25.8 Å². The summed E-state index contributed by atoms with van der Waals surface area (Å²) in [6.07, 6.45) is 1.92. The lowest BCUT2D eigenvalue weighted by Gasteiger charge is -2.27. The highest BCUT2D eigenvalue weighted by atomic mass is 32.2. The Morgan fingerprint density at radius 1 is 1.21 bits per heavy atom. The first-order chi connectivity index (χ1) is 13.2. The van der Waals surface area contributed by atoms with Crippen molar-refractivity contribution in [1.29, 1.82) is 0 Å². The molecular weight excluding hydrogens is 376 g/mol. The number of rotatable bonds is 6. The van der Waals surface area contributed by atoms with E-state index in [2.05, 4.69) is 6.07 Å². The van der Waals surface area contributed by atoms with Gasteiger partial charge in [-0.2, -0.15) is 0 Å². The number of anilines is 2. The number of nitrogens with zero attached hydrogens (tertiary/aromatic N) is 2. The molecule has 1 aliphatic rings. The summed E-state index contributed by atoms with van der Waals surface area (Å²) >= 11 is 0. The molecule has 3 rings (SSSR count). The number of carbonyl (C=O) groups excluding carboxylic acids is 1. The molecule has 0 N–H and O–H groups in total. The summed E-state index contributed by atoms with van der Waals surface area (Å²) in [5, 5.41) is 0. The molecule has 1 aliphatic heterocycles. The van der Waals surface area contributed by atoms with E-state index in [1.807, 2.05) is 36.9 Å². The Kier molecular flexibility index (Phi) is 5.65. The zero-order valence-electron chi connectivity index (χ0n) is 16.6. The second-order valence-corrected chi connectivity index (χ2v) is 9.14. The van der Waals surface area contributed by atoms with Gasteiger partial charge in [0.1, 0.15) is 5.75 Å². The van der Waals surface area contributed by atoms with Gasteiger partial charge in [-0.25, -0.2) is 8.42 Å². The van der Waals surface area contributed by atoms with Crippen LogP contribution in [0, 0.1) is 0 Å². The number of ether oxygens (including phenoxy) is 1. The van der Waals surface area contributed by atoms with Crippen molar-refractivity contribution in [1.82, 2.24) is 0 Å². The molecule has 0 fully saturated rings. The van der Waals surface area contributed by atoms with Gasteiger partial charge < -0.3 is 9.64 Å². The average Bonchev–Trinajstić information content (AvgIpc) is 3.00. The van der Waals surface area contributed by atoms with Crippen molar-refractivity contribution >= 4 is 27.3 Å². The van der Waals surface area contributed by atoms with E-state index in [-0.39, 0.29) is 11.9 Å². The van der Waals surface area contributed by atoms with Gasteiger partial charge in [-0.1, -0.05) is 25.1 Å². The van der Waals surface area contributed by atoms with Gasteiger partial charge in [0.05, 0.1) is 11.9 Å². The molecule has 2 atom stereocenters. The molecule has 0 unspecified atom stereocenters. The van der Waals surface area contributed by atoms with Gasteiger partial charge in [0.25, 0.3) is 5.91 Å². The van der Waals surface area contributed by atoms with E-state index < -0.39 is 16.1 Å². The Bertz CT molecular complexity index is 957. The number of para-hydroxylation sites is 1. The number of amides is 1. The van der Waals surface area contributed by atoms with Gasteiger partial charge in [0.2, 0.25) is 10.0 Å². The van der Waals surface area contributed by atoms with Gasteiger partial charge in [-0.15, -0.1) is 0 Å². The summed E-state index contributed by atoms with van der Waals surface area (Å²) in [5.74, 6) is 0.475. The van der Waals surface area contributed by atoms with Gasteiger partial charge >= 0.3 is 0 Å². The maximum atomic E-state index is 13.2. The molecule has 0 saturated carbocycles. The molecule has 0 saturated heterocycles. The summed E-state index contributed by atoms with van der Waals surface area (Å²) < 4.78 is 30.5. The van der Waals surface area contributed by atoms with Crippen LogP contribution in [0.2, 0.25) is 0 Å². The van der Waals surface area contributed by atoms with Crippen molar-refractivity contribution < 1.29 is 17.9 Å². The number of sulfonamides is 1. The first-order valence-electron chi connectivity index (χ1n) is 9.34. The summed E-state index contributed by atoms with van der Waals surface area (Å²) in [5.41, 5.74) is 2.66. The van der Waals surface area contributed by atoms with E-state index in [0.29, 0.717) is 17.9 Å². The molecule has 6 nitrogen and oxygen atoms in total. The third-order valence-corrected chi connectivity index (χ3v) is 6.27. The van der Waals surface area contributed by atoms with Gasteiger partial charge in [-0.05, 0) is 55.7 Å². The predicted molar refractivity (Wildman–Crippen MR) is 111 cm³/mol. The first kappa shape index (κ1) is 20.2. The lowest BCUT2D eigenvalue weighted by Crippen LogP contribution is -2.44. The predicted octanol–water partition coefficient (Wildman–Crippen LogP) is 3.22. The first-order valence-corrected chi connectivity index (χ1v) is 11.2. The van der Waals surface area contributed by atoms with Crippen molar-refractivity contribution in [2.24, 2.45) is 0 Å². The number of fused-ring (bicyclic) bond motifs is 1. The zero-order valence-corrected chi connectivity index (χ0v) is 17.4. The second kappa shape index (κ2) is 7.83. The van der Waals surface area contributed by atoms with Crippen molar-refractivity contribution in [2.45, 2.75) is 38.8 Å².